The number of halogens is 1. The van der Waals surface area contributed by atoms with Crippen LogP contribution in [0.1, 0.15) is 16.7 Å². The number of hydrogen-bond donors (Lipinski definition) is 0. The van der Waals surface area contributed by atoms with Crippen LogP contribution in [-0.2, 0) is 44.2 Å². The Bertz CT molecular complexity index is 2200. The van der Waals surface area contributed by atoms with Crippen molar-refractivity contribution < 1.29 is 35.8 Å². The number of rotatable bonds is 16. The summed E-state index contributed by atoms with van der Waals surface area (Å²) in [5.41, 5.74) is 2.24. The second-order valence-electron chi connectivity index (χ2n) is 12.5. The second-order valence-corrected chi connectivity index (χ2v) is 17.6. The van der Waals surface area contributed by atoms with E-state index in [4.69, 9.17) is 18.9 Å². The van der Waals surface area contributed by atoms with Gasteiger partial charge in [0.05, 0.1) is 57.3 Å². The molecule has 0 N–H and O–H groups in total. The minimum absolute atomic E-state index is 0.0226. The Morgan fingerprint density at radius 3 is 1.78 bits per heavy atom. The molecule has 6 rings (SSSR count). The number of ether oxygens (including phenoxy) is 4. The molecule has 1 aromatic heterocycles. The third-order valence-electron chi connectivity index (χ3n) is 8.98. The highest BCUT2D eigenvalue weighted by atomic mass is 127. The van der Waals surface area contributed by atoms with Gasteiger partial charge in [-0.2, -0.15) is 9.10 Å². The average molecular weight is 889 g/mol. The van der Waals surface area contributed by atoms with E-state index in [9.17, 15) is 8.42 Å². The standard InChI is InChI=1S/C37H41IN6O8S2/c1-49-30-10-4-27(5-11-30)24-43(25-28-6-12-31(50-2)13-7-28)54(47,48)36-34(53(45,46)23-20-42-18-21-52-22-19-42)17-16-33(38)35(36)37-39-41-44(40-37)26-29-8-14-32(51-3)15-9-29/h4-17H,18-26H2,1-3H3. The maximum atomic E-state index is 15.4. The van der Waals surface area contributed by atoms with Gasteiger partial charge in [0, 0.05) is 36.3 Å². The number of hydrogen-bond acceptors (Lipinski definition) is 12. The molecule has 0 radical (unpaired) electrons. The fourth-order valence-corrected chi connectivity index (χ4v) is 10.6. The van der Waals surface area contributed by atoms with Gasteiger partial charge in [-0.3, -0.25) is 4.90 Å². The lowest BCUT2D eigenvalue weighted by molar-refractivity contribution is 0.0408. The van der Waals surface area contributed by atoms with Gasteiger partial charge in [-0.1, -0.05) is 36.4 Å². The Morgan fingerprint density at radius 1 is 0.741 bits per heavy atom. The molecule has 14 nitrogen and oxygen atoms in total. The van der Waals surface area contributed by atoms with Crippen LogP contribution in [0.15, 0.2) is 94.7 Å². The minimum Gasteiger partial charge on any atom is -0.497 e. The van der Waals surface area contributed by atoms with Gasteiger partial charge in [0.15, 0.2) is 9.84 Å². The van der Waals surface area contributed by atoms with Crippen LogP contribution in [0.5, 0.6) is 17.2 Å². The lowest BCUT2D eigenvalue weighted by Crippen LogP contribution is -2.39. The largest absolute Gasteiger partial charge is 0.497 e. The summed E-state index contributed by atoms with van der Waals surface area (Å²) in [5.74, 6) is 1.59. The number of sulfonamides is 1. The molecule has 0 bridgehead atoms. The number of methoxy groups -OCH3 is 3. The van der Waals surface area contributed by atoms with Crippen molar-refractivity contribution in [3.05, 3.63) is 105 Å². The molecule has 0 saturated carbocycles. The molecule has 5 aromatic rings. The summed E-state index contributed by atoms with van der Waals surface area (Å²) in [6, 6.07) is 24.4. The molecular formula is C37H41IN6O8S2. The predicted molar refractivity (Wildman–Crippen MR) is 210 cm³/mol. The van der Waals surface area contributed by atoms with Gasteiger partial charge in [-0.05, 0) is 93.0 Å². The molecule has 286 valence electrons. The molecule has 0 aliphatic carbocycles. The highest BCUT2D eigenvalue weighted by Crippen LogP contribution is 2.38. The van der Waals surface area contributed by atoms with Crippen molar-refractivity contribution in [2.24, 2.45) is 0 Å². The van der Waals surface area contributed by atoms with Crippen molar-refractivity contribution in [3.8, 4) is 28.6 Å². The molecule has 0 atom stereocenters. The summed E-state index contributed by atoms with van der Waals surface area (Å²) < 4.78 is 82.5. The summed E-state index contributed by atoms with van der Waals surface area (Å²) in [4.78, 5) is 2.61. The van der Waals surface area contributed by atoms with Crippen LogP contribution in [0.25, 0.3) is 11.4 Å². The highest BCUT2D eigenvalue weighted by Gasteiger charge is 2.37. The first-order valence-corrected chi connectivity index (χ1v) is 21.2. The van der Waals surface area contributed by atoms with Gasteiger partial charge in [0.1, 0.15) is 22.1 Å². The molecule has 1 aliphatic rings. The van der Waals surface area contributed by atoms with E-state index in [1.807, 2.05) is 51.8 Å². The van der Waals surface area contributed by atoms with Crippen LogP contribution in [0.4, 0.5) is 0 Å². The van der Waals surface area contributed by atoms with Crippen LogP contribution in [0.3, 0.4) is 0 Å². The maximum absolute atomic E-state index is 15.4. The third-order valence-corrected chi connectivity index (χ3v) is 13.6. The number of benzene rings is 4. The molecule has 0 amide bonds. The summed E-state index contributed by atoms with van der Waals surface area (Å²) >= 11 is 2.00. The molecule has 17 heteroatoms. The molecule has 0 unspecified atom stereocenters. The molecular weight excluding hydrogens is 847 g/mol. The third kappa shape index (κ3) is 9.38. The van der Waals surface area contributed by atoms with Gasteiger partial charge in [-0.15, -0.1) is 10.2 Å². The SMILES string of the molecule is COc1ccc(CN(Cc2ccc(OC)cc2)S(=O)(=O)c2c(S(=O)(=O)CCN3CCOCC3)ccc(I)c2-c2nnn(Cc3ccc(OC)cc3)n2)cc1. The summed E-state index contributed by atoms with van der Waals surface area (Å²) in [6.07, 6.45) is 0. The Kier molecular flexibility index (Phi) is 12.9. The highest BCUT2D eigenvalue weighted by molar-refractivity contribution is 14.1. The van der Waals surface area contributed by atoms with E-state index in [1.54, 1.807) is 75.9 Å². The van der Waals surface area contributed by atoms with E-state index in [2.05, 4.69) is 15.4 Å². The minimum atomic E-state index is -4.62. The lowest BCUT2D eigenvalue weighted by Gasteiger charge is -2.27. The maximum Gasteiger partial charge on any atom is 0.245 e. The molecule has 4 aromatic carbocycles. The Labute approximate surface area is 329 Å². The average Bonchev–Trinajstić information content (AvgIpc) is 3.65. The molecule has 1 aliphatic heterocycles. The van der Waals surface area contributed by atoms with Crippen molar-refractivity contribution in [1.29, 1.82) is 0 Å². The first kappa shape index (κ1) is 39.6. The monoisotopic (exact) mass is 888 g/mol. The number of nitrogens with zero attached hydrogens (tertiary/aromatic N) is 6. The van der Waals surface area contributed by atoms with E-state index in [1.165, 1.54) is 15.2 Å². The fourth-order valence-electron chi connectivity index (χ4n) is 5.96. The van der Waals surface area contributed by atoms with Crippen LogP contribution >= 0.6 is 22.6 Å². The molecule has 54 heavy (non-hydrogen) atoms. The van der Waals surface area contributed by atoms with E-state index in [-0.39, 0.29) is 48.2 Å². The van der Waals surface area contributed by atoms with Crippen LogP contribution in [0.2, 0.25) is 0 Å². The number of tetrazole rings is 1. The Hall–Kier alpha value is -4.14. The van der Waals surface area contributed by atoms with Crippen molar-refractivity contribution >= 4 is 42.5 Å². The van der Waals surface area contributed by atoms with Gasteiger partial charge in [-0.25, -0.2) is 16.8 Å². The molecule has 1 saturated heterocycles. The normalized spacial score (nSPS) is 13.9. The number of aromatic nitrogens is 4. The Morgan fingerprint density at radius 2 is 1.26 bits per heavy atom. The number of sulfone groups is 1. The summed E-state index contributed by atoms with van der Waals surface area (Å²) in [7, 11) is -4.12. The van der Waals surface area contributed by atoms with E-state index < -0.39 is 24.8 Å². The van der Waals surface area contributed by atoms with Crippen molar-refractivity contribution in [1.82, 2.24) is 29.4 Å². The second kappa shape index (κ2) is 17.5. The summed E-state index contributed by atoms with van der Waals surface area (Å²) in [6.45, 7) is 2.45. The van der Waals surface area contributed by atoms with E-state index >= 15 is 8.42 Å². The van der Waals surface area contributed by atoms with Gasteiger partial charge >= 0.3 is 0 Å². The quantitative estimate of drug-likeness (QED) is 0.128. The van der Waals surface area contributed by atoms with E-state index in [0.29, 0.717) is 58.2 Å². The predicted octanol–water partition coefficient (Wildman–Crippen LogP) is 4.52. The van der Waals surface area contributed by atoms with Crippen LogP contribution in [0, 0.1) is 3.57 Å². The zero-order valence-corrected chi connectivity index (χ0v) is 33.9. The van der Waals surface area contributed by atoms with Gasteiger partial charge < -0.3 is 18.9 Å². The van der Waals surface area contributed by atoms with E-state index in [0.717, 1.165) is 5.56 Å². The Balaban J connectivity index is 1.48. The van der Waals surface area contributed by atoms with Crippen LogP contribution < -0.4 is 14.2 Å². The topological polar surface area (TPSA) is 155 Å². The fraction of sp³-hybridized carbons (Fsp3) is 0.324. The van der Waals surface area contributed by atoms with Crippen molar-refractivity contribution in [2.75, 3.05) is 59.9 Å². The smallest absolute Gasteiger partial charge is 0.245 e. The molecule has 0 spiro atoms. The molecule has 2 heterocycles. The van der Waals surface area contributed by atoms with Gasteiger partial charge in [0.2, 0.25) is 15.8 Å². The van der Waals surface area contributed by atoms with Gasteiger partial charge in [0.25, 0.3) is 0 Å². The van der Waals surface area contributed by atoms with Crippen molar-refractivity contribution in [3.63, 3.8) is 0 Å². The zero-order chi connectivity index (χ0) is 38.3. The number of morpholine rings is 1. The van der Waals surface area contributed by atoms with Crippen LogP contribution in [-0.4, -0.2) is 106 Å². The first-order valence-electron chi connectivity index (χ1n) is 17.0. The lowest BCUT2D eigenvalue weighted by atomic mass is 10.2. The first-order chi connectivity index (χ1) is 26.0. The molecule has 1 fully saturated rings. The summed E-state index contributed by atoms with van der Waals surface area (Å²) in [5, 5.41) is 13.1. The van der Waals surface area contributed by atoms with Crippen molar-refractivity contribution in [2.45, 2.75) is 29.4 Å². The zero-order valence-electron chi connectivity index (χ0n) is 30.1.